The van der Waals surface area contributed by atoms with E-state index in [0.29, 0.717) is 49.4 Å². The third kappa shape index (κ3) is 5.79. The van der Waals surface area contributed by atoms with Gasteiger partial charge < -0.3 is 24.6 Å². The largest absolute Gasteiger partial charge is 0.481 e. The molecule has 0 spiro atoms. The first-order chi connectivity index (χ1) is 15.3. The Hall–Kier alpha value is -3.07. The van der Waals surface area contributed by atoms with Crippen LogP contribution >= 0.6 is 0 Å². The number of carbonyl (C=O) groups is 2. The number of carboxylic acid groups (broad SMARTS) is 1. The van der Waals surface area contributed by atoms with Crippen molar-refractivity contribution >= 4 is 29.2 Å². The summed E-state index contributed by atoms with van der Waals surface area (Å²) in [6, 6.07) is 7.16. The molecule has 1 unspecified atom stereocenters. The highest BCUT2D eigenvalue weighted by atomic mass is 16.5. The summed E-state index contributed by atoms with van der Waals surface area (Å²) in [5.74, 6) is 0.277. The molecule has 9 heteroatoms. The van der Waals surface area contributed by atoms with Crippen LogP contribution in [0.15, 0.2) is 28.8 Å². The number of nitrogens with zero attached hydrogens (tertiary/aromatic N) is 2. The predicted octanol–water partition coefficient (Wildman–Crippen LogP) is 4.46. The Bertz CT molecular complexity index is 942. The lowest BCUT2D eigenvalue weighted by Gasteiger charge is -2.40. The van der Waals surface area contributed by atoms with Gasteiger partial charge in [-0.05, 0) is 42.9 Å². The van der Waals surface area contributed by atoms with E-state index in [0.717, 1.165) is 11.3 Å². The van der Waals surface area contributed by atoms with Crippen molar-refractivity contribution < 1.29 is 24.0 Å². The number of hydrogen-bond acceptors (Lipinski definition) is 6. The summed E-state index contributed by atoms with van der Waals surface area (Å²) in [6.45, 7) is 9.92. The van der Waals surface area contributed by atoms with E-state index in [1.165, 1.54) is 0 Å². The highest BCUT2D eigenvalue weighted by Crippen LogP contribution is 2.35. The van der Waals surface area contributed by atoms with E-state index in [1.54, 1.807) is 13.0 Å². The maximum absolute atomic E-state index is 12.7. The number of urea groups is 1. The number of carbonyl (C=O) groups excluding carboxylic acids is 1. The third-order valence-corrected chi connectivity index (χ3v) is 5.77. The van der Waals surface area contributed by atoms with E-state index in [9.17, 15) is 14.7 Å². The molecule has 0 bridgehead atoms. The van der Waals surface area contributed by atoms with E-state index >= 15 is 0 Å². The van der Waals surface area contributed by atoms with Crippen LogP contribution < -0.4 is 15.5 Å². The fourth-order valence-corrected chi connectivity index (χ4v) is 4.04. The average molecular weight is 445 g/mol. The second-order valence-corrected chi connectivity index (χ2v) is 8.46. The number of hydrogen-bond donors (Lipinski definition) is 3. The molecule has 0 aliphatic carbocycles. The summed E-state index contributed by atoms with van der Waals surface area (Å²) in [7, 11) is 0. The van der Waals surface area contributed by atoms with Gasteiger partial charge in [-0.3, -0.25) is 10.1 Å². The first-order valence-electron chi connectivity index (χ1n) is 11.0. The Morgan fingerprint density at radius 3 is 2.69 bits per heavy atom. The molecule has 3 N–H and O–H groups in total. The second kappa shape index (κ2) is 10.5. The molecule has 0 radical (unpaired) electrons. The van der Waals surface area contributed by atoms with Crippen molar-refractivity contribution in [1.82, 2.24) is 5.16 Å². The number of anilines is 3. The summed E-state index contributed by atoms with van der Waals surface area (Å²) in [4.78, 5) is 26.3. The number of morpholine rings is 1. The minimum absolute atomic E-state index is 0.0336. The molecule has 1 saturated heterocycles. The fourth-order valence-electron chi connectivity index (χ4n) is 4.04. The summed E-state index contributed by atoms with van der Waals surface area (Å²) >= 11 is 0. The molecule has 2 amide bonds. The monoisotopic (exact) mass is 444 g/mol. The van der Waals surface area contributed by atoms with Gasteiger partial charge >= 0.3 is 12.0 Å². The smallest absolute Gasteiger partial charge is 0.325 e. The van der Waals surface area contributed by atoms with E-state index in [-0.39, 0.29) is 18.4 Å². The van der Waals surface area contributed by atoms with Crippen LogP contribution in [0.25, 0.3) is 0 Å². The van der Waals surface area contributed by atoms with Gasteiger partial charge in [-0.1, -0.05) is 32.0 Å². The first-order valence-corrected chi connectivity index (χ1v) is 11.0. The molecular weight excluding hydrogens is 412 g/mol. The number of carboxylic acids is 1. The zero-order valence-electron chi connectivity index (χ0n) is 19.1. The molecule has 2 heterocycles. The molecule has 9 nitrogen and oxygen atoms in total. The van der Waals surface area contributed by atoms with E-state index in [2.05, 4.69) is 34.5 Å². The maximum Gasteiger partial charge on any atom is 0.325 e. The van der Waals surface area contributed by atoms with Crippen molar-refractivity contribution in [3.63, 3.8) is 0 Å². The van der Waals surface area contributed by atoms with Crippen LogP contribution in [0, 0.1) is 12.8 Å². The van der Waals surface area contributed by atoms with Gasteiger partial charge in [0.1, 0.15) is 5.76 Å². The average Bonchev–Trinajstić information content (AvgIpc) is 3.16. The van der Waals surface area contributed by atoms with Crippen molar-refractivity contribution in [2.45, 2.75) is 52.5 Å². The number of aliphatic carboxylic acids is 1. The van der Waals surface area contributed by atoms with Crippen LogP contribution in [-0.4, -0.2) is 48.1 Å². The number of amides is 2. The van der Waals surface area contributed by atoms with Gasteiger partial charge in [0, 0.05) is 12.6 Å². The fraction of sp³-hybridized carbons (Fsp3) is 0.522. The Morgan fingerprint density at radius 1 is 1.28 bits per heavy atom. The Kier molecular flexibility index (Phi) is 7.74. The highest BCUT2D eigenvalue weighted by molar-refractivity contribution is 6.01. The van der Waals surface area contributed by atoms with Gasteiger partial charge in [-0.15, -0.1) is 0 Å². The number of nitrogens with one attached hydrogen (secondary N) is 2. The molecule has 1 aromatic carbocycles. The third-order valence-electron chi connectivity index (χ3n) is 5.77. The molecular formula is C23H32N4O5. The summed E-state index contributed by atoms with van der Waals surface area (Å²) in [6.07, 6.45) is 0.716. The van der Waals surface area contributed by atoms with Gasteiger partial charge in [-0.25, -0.2) is 4.79 Å². The summed E-state index contributed by atoms with van der Waals surface area (Å²) in [5, 5.41) is 18.7. The molecule has 174 valence electrons. The molecule has 2 atom stereocenters. The van der Waals surface area contributed by atoms with Gasteiger partial charge in [0.05, 0.1) is 37.1 Å². The topological polar surface area (TPSA) is 117 Å². The number of aryl methyl sites for hydroxylation is 1. The number of rotatable bonds is 8. The minimum Gasteiger partial charge on any atom is -0.481 e. The first kappa shape index (κ1) is 23.6. The van der Waals surface area contributed by atoms with Crippen molar-refractivity contribution in [3.05, 3.63) is 35.6 Å². The van der Waals surface area contributed by atoms with Gasteiger partial charge in [0.2, 0.25) is 0 Å². The molecule has 2 aromatic rings. The normalized spacial score (nSPS) is 17.3. The van der Waals surface area contributed by atoms with Crippen LogP contribution in [-0.2, 0) is 9.53 Å². The van der Waals surface area contributed by atoms with Gasteiger partial charge in [0.25, 0.3) is 0 Å². The molecule has 1 aliphatic rings. The molecule has 1 aliphatic heterocycles. The Balaban J connectivity index is 1.93. The van der Waals surface area contributed by atoms with Crippen LogP contribution in [0.5, 0.6) is 0 Å². The molecule has 0 saturated carbocycles. The predicted molar refractivity (Wildman–Crippen MR) is 122 cm³/mol. The van der Waals surface area contributed by atoms with Gasteiger partial charge in [-0.2, -0.15) is 0 Å². The van der Waals surface area contributed by atoms with Crippen LogP contribution in [0.1, 0.15) is 50.9 Å². The van der Waals surface area contributed by atoms with Crippen molar-refractivity contribution in [1.29, 1.82) is 0 Å². The van der Waals surface area contributed by atoms with E-state index in [1.807, 2.05) is 25.1 Å². The lowest BCUT2D eigenvalue weighted by molar-refractivity contribution is -0.137. The van der Waals surface area contributed by atoms with Gasteiger partial charge in [0.15, 0.2) is 5.82 Å². The van der Waals surface area contributed by atoms with E-state index in [4.69, 9.17) is 9.26 Å². The molecule has 1 fully saturated rings. The SMILES string of the molecule is CCC(CC(=O)O)c1ccc(N2CCOC[C@H]2C(C)C)c(NC(=O)Nc2cc(C)on2)c1. The Morgan fingerprint density at radius 2 is 2.06 bits per heavy atom. The van der Waals surface area contributed by atoms with Crippen molar-refractivity contribution in [3.8, 4) is 0 Å². The molecule has 3 rings (SSSR count). The standard InChI is InChI=1S/C23H32N4O5/c1-5-16(12-22(28)29)17-6-7-19(27-8-9-31-13-20(27)14(2)3)18(11-17)24-23(30)25-21-10-15(4)32-26-21/h6-7,10-11,14,16,20H,5,8-9,12-13H2,1-4H3,(H,28,29)(H2,24,25,26,30)/t16?,20-/m0/s1. The zero-order chi connectivity index (χ0) is 23.3. The zero-order valence-corrected chi connectivity index (χ0v) is 19.1. The quantitative estimate of drug-likeness (QED) is 0.550. The number of benzene rings is 1. The molecule has 32 heavy (non-hydrogen) atoms. The minimum atomic E-state index is -0.845. The van der Waals surface area contributed by atoms with Crippen LogP contribution in [0.4, 0.5) is 22.0 Å². The number of ether oxygens (including phenoxy) is 1. The summed E-state index contributed by atoms with van der Waals surface area (Å²) < 4.78 is 10.7. The maximum atomic E-state index is 12.7. The summed E-state index contributed by atoms with van der Waals surface area (Å²) in [5.41, 5.74) is 2.38. The van der Waals surface area contributed by atoms with Crippen molar-refractivity contribution in [2.24, 2.45) is 5.92 Å². The number of aromatic nitrogens is 1. The molecule has 1 aromatic heterocycles. The Labute approximate surface area is 188 Å². The van der Waals surface area contributed by atoms with Crippen LogP contribution in [0.2, 0.25) is 0 Å². The van der Waals surface area contributed by atoms with Crippen LogP contribution in [0.3, 0.4) is 0 Å². The van der Waals surface area contributed by atoms with Crippen molar-refractivity contribution in [2.75, 3.05) is 35.3 Å². The lowest BCUT2D eigenvalue weighted by atomic mass is 9.92. The van der Waals surface area contributed by atoms with E-state index < -0.39 is 12.0 Å². The highest BCUT2D eigenvalue weighted by Gasteiger charge is 2.28. The lowest BCUT2D eigenvalue weighted by Crippen LogP contribution is -2.48. The second-order valence-electron chi connectivity index (χ2n) is 8.46.